The highest BCUT2D eigenvalue weighted by Crippen LogP contribution is 2.15. The van der Waals surface area contributed by atoms with Crippen molar-refractivity contribution in [2.24, 2.45) is 4.99 Å². The van der Waals surface area contributed by atoms with E-state index in [2.05, 4.69) is 10.3 Å². The minimum atomic E-state index is -0.182. The van der Waals surface area contributed by atoms with E-state index >= 15 is 0 Å². The van der Waals surface area contributed by atoms with Crippen LogP contribution in [0, 0.1) is 0 Å². The molecule has 1 N–H and O–H groups in total. The van der Waals surface area contributed by atoms with Crippen LogP contribution in [-0.2, 0) is 4.74 Å². The molecule has 2 heterocycles. The topological polar surface area (TPSA) is 53.9 Å². The summed E-state index contributed by atoms with van der Waals surface area (Å²) in [5.74, 6) is 1.09. The van der Waals surface area contributed by atoms with Gasteiger partial charge in [-0.1, -0.05) is 11.8 Å². The summed E-state index contributed by atoms with van der Waals surface area (Å²) in [4.78, 5) is 17.7. The van der Waals surface area contributed by atoms with E-state index in [0.29, 0.717) is 12.6 Å². The van der Waals surface area contributed by atoms with Gasteiger partial charge in [-0.2, -0.15) is 0 Å². The fourth-order valence-corrected chi connectivity index (χ4v) is 2.83. The van der Waals surface area contributed by atoms with Crippen molar-refractivity contribution in [1.82, 2.24) is 10.2 Å². The summed E-state index contributed by atoms with van der Waals surface area (Å²) >= 11 is 1.78. The molecule has 0 aromatic rings. The summed E-state index contributed by atoms with van der Waals surface area (Å²) in [5, 5.41) is 4.51. The van der Waals surface area contributed by atoms with Crippen molar-refractivity contribution in [3.05, 3.63) is 0 Å². The SMILES string of the molecule is CCOC(=O)N1CCC(NC2=NCCS2)CC1. The van der Waals surface area contributed by atoms with Crippen LogP contribution in [0.15, 0.2) is 4.99 Å². The van der Waals surface area contributed by atoms with Gasteiger partial charge in [-0.3, -0.25) is 4.99 Å². The third-order valence-electron chi connectivity index (χ3n) is 2.93. The summed E-state index contributed by atoms with van der Waals surface area (Å²) in [7, 11) is 0. The Morgan fingerprint density at radius 2 is 2.35 bits per heavy atom. The van der Waals surface area contributed by atoms with Gasteiger partial charge in [-0.05, 0) is 19.8 Å². The molecule has 0 aromatic heterocycles. The van der Waals surface area contributed by atoms with E-state index in [1.54, 1.807) is 16.7 Å². The van der Waals surface area contributed by atoms with Gasteiger partial charge in [0.2, 0.25) is 0 Å². The van der Waals surface area contributed by atoms with Gasteiger partial charge in [0, 0.05) is 24.9 Å². The maximum absolute atomic E-state index is 11.5. The molecule has 6 heteroatoms. The number of likely N-dealkylation sites (tertiary alicyclic amines) is 1. The van der Waals surface area contributed by atoms with Crippen LogP contribution in [0.5, 0.6) is 0 Å². The van der Waals surface area contributed by atoms with E-state index < -0.39 is 0 Å². The van der Waals surface area contributed by atoms with Gasteiger partial charge in [0.1, 0.15) is 0 Å². The third kappa shape index (κ3) is 3.52. The second-order valence-corrected chi connectivity index (χ2v) is 5.22. The number of ether oxygens (including phenoxy) is 1. The number of amides is 1. The number of aliphatic imine (C=N–C) groups is 1. The molecule has 0 unspecified atom stereocenters. The van der Waals surface area contributed by atoms with E-state index in [1.165, 1.54) is 0 Å². The predicted octanol–water partition coefficient (Wildman–Crippen LogP) is 1.30. The lowest BCUT2D eigenvalue weighted by molar-refractivity contribution is 0.0964. The fourth-order valence-electron chi connectivity index (χ4n) is 2.02. The lowest BCUT2D eigenvalue weighted by Crippen LogP contribution is -2.46. The number of carbonyl (C=O) groups excluding carboxylic acids is 1. The summed E-state index contributed by atoms with van der Waals surface area (Å²) in [6, 6.07) is 0.449. The highest BCUT2D eigenvalue weighted by Gasteiger charge is 2.24. The molecule has 0 radical (unpaired) electrons. The normalized spacial score (nSPS) is 21.2. The monoisotopic (exact) mass is 257 g/mol. The van der Waals surface area contributed by atoms with E-state index in [0.717, 1.165) is 43.4 Å². The molecule has 2 rings (SSSR count). The summed E-state index contributed by atoms with van der Waals surface area (Å²) in [6.07, 6.45) is 1.76. The van der Waals surface area contributed by atoms with Crippen molar-refractivity contribution in [3.63, 3.8) is 0 Å². The van der Waals surface area contributed by atoms with Crippen LogP contribution >= 0.6 is 11.8 Å². The average molecular weight is 257 g/mol. The number of carbonyl (C=O) groups is 1. The Bertz CT molecular complexity index is 301. The van der Waals surface area contributed by atoms with E-state index in [1.807, 2.05) is 6.92 Å². The van der Waals surface area contributed by atoms with E-state index in [4.69, 9.17) is 4.74 Å². The summed E-state index contributed by atoms with van der Waals surface area (Å²) < 4.78 is 4.99. The molecule has 5 nitrogen and oxygen atoms in total. The largest absolute Gasteiger partial charge is 0.450 e. The second-order valence-electron chi connectivity index (χ2n) is 4.14. The molecule has 0 saturated carbocycles. The first-order valence-corrected chi connectivity index (χ1v) is 7.13. The number of nitrogens with one attached hydrogen (secondary N) is 1. The second kappa shape index (κ2) is 6.14. The minimum absolute atomic E-state index is 0.182. The minimum Gasteiger partial charge on any atom is -0.450 e. The smallest absolute Gasteiger partial charge is 0.409 e. The van der Waals surface area contributed by atoms with Gasteiger partial charge in [0.15, 0.2) is 5.17 Å². The molecule has 0 atom stereocenters. The molecule has 2 aliphatic heterocycles. The number of amidine groups is 1. The number of piperidine rings is 1. The molecule has 0 aliphatic carbocycles. The van der Waals surface area contributed by atoms with Gasteiger partial charge >= 0.3 is 6.09 Å². The van der Waals surface area contributed by atoms with Crippen molar-refractivity contribution < 1.29 is 9.53 Å². The molecule has 1 amide bonds. The Morgan fingerprint density at radius 1 is 1.59 bits per heavy atom. The molecule has 1 fully saturated rings. The van der Waals surface area contributed by atoms with Crippen LogP contribution < -0.4 is 5.32 Å². The number of rotatable bonds is 2. The molecule has 1 saturated heterocycles. The highest BCUT2D eigenvalue weighted by atomic mass is 32.2. The molecule has 2 aliphatic rings. The third-order valence-corrected chi connectivity index (χ3v) is 3.84. The molecular formula is C11H19N3O2S. The first-order chi connectivity index (χ1) is 8.29. The standard InChI is InChI=1S/C11H19N3O2S/c1-2-16-11(15)14-6-3-9(4-7-14)13-10-12-5-8-17-10/h9H,2-8H2,1H3,(H,12,13). The zero-order valence-electron chi connectivity index (χ0n) is 10.1. The van der Waals surface area contributed by atoms with Crippen LogP contribution in [0.25, 0.3) is 0 Å². The molecule has 0 aromatic carbocycles. The highest BCUT2D eigenvalue weighted by molar-refractivity contribution is 8.14. The van der Waals surface area contributed by atoms with Crippen molar-refractivity contribution in [3.8, 4) is 0 Å². The van der Waals surface area contributed by atoms with Gasteiger partial charge < -0.3 is 15.0 Å². The zero-order valence-corrected chi connectivity index (χ0v) is 11.0. The first-order valence-electron chi connectivity index (χ1n) is 6.15. The number of hydrogen-bond acceptors (Lipinski definition) is 5. The van der Waals surface area contributed by atoms with Crippen molar-refractivity contribution in [1.29, 1.82) is 0 Å². The van der Waals surface area contributed by atoms with Crippen molar-refractivity contribution in [2.75, 3.05) is 32.0 Å². The molecule has 0 bridgehead atoms. The Labute approximate surface area is 106 Å². The van der Waals surface area contributed by atoms with Crippen molar-refractivity contribution in [2.45, 2.75) is 25.8 Å². The van der Waals surface area contributed by atoms with Crippen LogP contribution in [-0.4, -0.2) is 54.2 Å². The quantitative estimate of drug-likeness (QED) is 0.810. The number of nitrogens with zero attached hydrogens (tertiary/aromatic N) is 2. The Kier molecular flexibility index (Phi) is 4.53. The summed E-state index contributed by atoms with van der Waals surface area (Å²) in [5.41, 5.74) is 0. The van der Waals surface area contributed by atoms with E-state index in [9.17, 15) is 4.79 Å². The lowest BCUT2D eigenvalue weighted by Gasteiger charge is -2.31. The predicted molar refractivity (Wildman–Crippen MR) is 69.5 cm³/mol. The number of hydrogen-bond donors (Lipinski definition) is 1. The summed E-state index contributed by atoms with van der Waals surface area (Å²) in [6.45, 7) is 4.75. The molecule has 96 valence electrons. The average Bonchev–Trinajstić information content (AvgIpc) is 2.83. The van der Waals surface area contributed by atoms with E-state index in [-0.39, 0.29) is 6.09 Å². The van der Waals surface area contributed by atoms with Crippen LogP contribution in [0.1, 0.15) is 19.8 Å². The molecular weight excluding hydrogens is 238 g/mol. The molecule has 17 heavy (non-hydrogen) atoms. The van der Waals surface area contributed by atoms with Gasteiger partial charge in [0.05, 0.1) is 13.2 Å². The van der Waals surface area contributed by atoms with Crippen LogP contribution in [0.3, 0.4) is 0 Å². The lowest BCUT2D eigenvalue weighted by atomic mass is 10.1. The Morgan fingerprint density at radius 3 is 2.94 bits per heavy atom. The fraction of sp³-hybridized carbons (Fsp3) is 0.818. The van der Waals surface area contributed by atoms with Crippen LogP contribution in [0.4, 0.5) is 4.79 Å². The van der Waals surface area contributed by atoms with Gasteiger partial charge in [-0.15, -0.1) is 0 Å². The Hall–Kier alpha value is -0.910. The van der Waals surface area contributed by atoms with Crippen molar-refractivity contribution >= 4 is 23.0 Å². The van der Waals surface area contributed by atoms with Gasteiger partial charge in [0.25, 0.3) is 0 Å². The molecule has 0 spiro atoms. The van der Waals surface area contributed by atoms with Crippen LogP contribution in [0.2, 0.25) is 0 Å². The first kappa shape index (κ1) is 12.5. The Balaban J connectivity index is 1.72. The number of thioether (sulfide) groups is 1. The maximum Gasteiger partial charge on any atom is 0.409 e. The zero-order chi connectivity index (χ0) is 12.1. The van der Waals surface area contributed by atoms with Gasteiger partial charge in [-0.25, -0.2) is 4.79 Å². The maximum atomic E-state index is 11.5.